The Hall–Kier alpha value is -2.16. The van der Waals surface area contributed by atoms with Crippen LogP contribution in [-0.4, -0.2) is 47.6 Å². The smallest absolute Gasteiger partial charge is 0.246 e. The monoisotopic (exact) mass is 477 g/mol. The number of fused-ring (bicyclic) bond motifs is 1. The summed E-state index contributed by atoms with van der Waals surface area (Å²) in [6, 6.07) is 7.76. The minimum Gasteiger partial charge on any atom is -0.338 e. The third-order valence-electron chi connectivity index (χ3n) is 5.74. The first-order chi connectivity index (χ1) is 14.7. The summed E-state index contributed by atoms with van der Waals surface area (Å²) in [5.41, 5.74) is 2.68. The summed E-state index contributed by atoms with van der Waals surface area (Å²) in [7, 11) is -1.25. The maximum Gasteiger partial charge on any atom is 0.246 e. The molecule has 1 fully saturated rings. The van der Waals surface area contributed by atoms with Gasteiger partial charge in [0.15, 0.2) is 9.84 Å². The molecule has 0 radical (unpaired) electrons. The molecule has 1 aliphatic rings. The van der Waals surface area contributed by atoms with Crippen LogP contribution in [0.25, 0.3) is 16.2 Å². The molecular formula is C22H24ClN3O3S2. The summed E-state index contributed by atoms with van der Waals surface area (Å²) in [4.78, 5) is 15.2. The molecule has 1 aliphatic heterocycles. The van der Waals surface area contributed by atoms with Crippen molar-refractivity contribution in [2.24, 2.45) is 0 Å². The number of nitrogens with zero attached hydrogens (tertiary/aromatic N) is 3. The Morgan fingerprint density at radius 3 is 2.77 bits per heavy atom. The van der Waals surface area contributed by atoms with E-state index in [0.29, 0.717) is 18.0 Å². The van der Waals surface area contributed by atoms with Gasteiger partial charge in [-0.1, -0.05) is 29.8 Å². The molecule has 1 saturated heterocycles. The summed E-state index contributed by atoms with van der Waals surface area (Å²) in [6.45, 7) is 4.24. The van der Waals surface area contributed by atoms with Gasteiger partial charge in [-0.15, -0.1) is 11.3 Å². The third-order valence-corrected chi connectivity index (χ3v) is 9.14. The number of thiophene rings is 1. The Labute approximate surface area is 191 Å². The van der Waals surface area contributed by atoms with Gasteiger partial charge in [0.2, 0.25) is 5.91 Å². The van der Waals surface area contributed by atoms with E-state index in [1.165, 1.54) is 6.08 Å². The normalized spacial score (nSPS) is 18.3. The highest BCUT2D eigenvalue weighted by atomic mass is 35.5. The highest BCUT2D eigenvalue weighted by Crippen LogP contribution is 2.36. The molecule has 1 amide bonds. The van der Waals surface area contributed by atoms with Gasteiger partial charge in [0, 0.05) is 45.9 Å². The molecule has 0 saturated carbocycles. The molecule has 3 aromatic rings. The Morgan fingerprint density at radius 1 is 1.35 bits per heavy atom. The van der Waals surface area contributed by atoms with Crippen LogP contribution < -0.4 is 0 Å². The average molecular weight is 478 g/mol. The van der Waals surface area contributed by atoms with Gasteiger partial charge in [0.1, 0.15) is 0 Å². The number of halogens is 1. The fourth-order valence-corrected chi connectivity index (χ4v) is 7.07. The topological polar surface area (TPSA) is 72.3 Å². The van der Waals surface area contributed by atoms with E-state index < -0.39 is 9.84 Å². The first kappa shape index (κ1) is 22.0. The fraction of sp³-hybridized carbons (Fsp3) is 0.364. The van der Waals surface area contributed by atoms with E-state index in [4.69, 9.17) is 11.6 Å². The molecule has 6 nitrogen and oxygen atoms in total. The molecular weight excluding hydrogens is 454 g/mol. The van der Waals surface area contributed by atoms with E-state index in [1.807, 2.05) is 42.8 Å². The van der Waals surface area contributed by atoms with Crippen molar-refractivity contribution in [2.75, 3.05) is 18.6 Å². The summed E-state index contributed by atoms with van der Waals surface area (Å²) < 4.78 is 26.6. The van der Waals surface area contributed by atoms with Gasteiger partial charge in [0.05, 0.1) is 28.3 Å². The van der Waals surface area contributed by atoms with Crippen LogP contribution in [0, 0.1) is 13.8 Å². The first-order valence-corrected chi connectivity index (χ1v) is 13.0. The van der Waals surface area contributed by atoms with Gasteiger partial charge in [-0.3, -0.25) is 9.48 Å². The van der Waals surface area contributed by atoms with E-state index in [1.54, 1.807) is 29.4 Å². The lowest BCUT2D eigenvalue weighted by Crippen LogP contribution is -2.24. The molecule has 4 rings (SSSR count). The van der Waals surface area contributed by atoms with Crippen molar-refractivity contribution < 1.29 is 13.2 Å². The standard InChI is InChI=1S/C22H24ClN3O3S2/c1-14-18(15(2)26(24-14)16-10-11-31(28,29)13-16)12-25(3)21(27)9-8-20-22(23)17-6-4-5-7-19(17)30-20/h4-9,16H,10-13H2,1-3H3/b9-8+. The molecule has 3 heterocycles. The van der Waals surface area contributed by atoms with Crippen molar-refractivity contribution in [2.45, 2.75) is 32.9 Å². The number of aryl methyl sites for hydroxylation is 1. The second kappa shape index (κ2) is 8.41. The van der Waals surface area contributed by atoms with Crippen LogP contribution in [0.4, 0.5) is 0 Å². The molecule has 0 aliphatic carbocycles. The number of likely N-dealkylation sites (N-methyl/N-ethyl adjacent to an activating group) is 1. The molecule has 164 valence electrons. The van der Waals surface area contributed by atoms with Gasteiger partial charge in [0.25, 0.3) is 0 Å². The second-order valence-electron chi connectivity index (χ2n) is 7.95. The van der Waals surface area contributed by atoms with Crippen LogP contribution in [-0.2, 0) is 21.2 Å². The van der Waals surface area contributed by atoms with E-state index in [9.17, 15) is 13.2 Å². The second-order valence-corrected chi connectivity index (χ2v) is 11.6. The van der Waals surface area contributed by atoms with Crippen molar-refractivity contribution in [3.05, 3.63) is 57.2 Å². The van der Waals surface area contributed by atoms with E-state index in [0.717, 1.165) is 31.9 Å². The molecule has 0 bridgehead atoms. The summed E-state index contributed by atoms with van der Waals surface area (Å²) in [6.07, 6.45) is 3.88. The predicted octanol–water partition coefficient (Wildman–Crippen LogP) is 4.40. The SMILES string of the molecule is Cc1nn(C2CCS(=O)(=O)C2)c(C)c1CN(C)C(=O)/C=C/c1sc2ccccc2c1Cl. The number of hydrogen-bond donors (Lipinski definition) is 0. The first-order valence-electron chi connectivity index (χ1n) is 10.0. The van der Waals surface area contributed by atoms with Crippen molar-refractivity contribution in [1.82, 2.24) is 14.7 Å². The van der Waals surface area contributed by atoms with E-state index >= 15 is 0 Å². The average Bonchev–Trinajstić information content (AvgIpc) is 3.35. The molecule has 1 aromatic carbocycles. The van der Waals surface area contributed by atoms with Crippen LogP contribution in [0.15, 0.2) is 30.3 Å². The summed E-state index contributed by atoms with van der Waals surface area (Å²) >= 11 is 8.01. The molecule has 1 atom stereocenters. The quantitative estimate of drug-likeness (QED) is 0.510. The van der Waals surface area contributed by atoms with E-state index in [2.05, 4.69) is 5.10 Å². The Kier molecular flexibility index (Phi) is 5.98. The van der Waals surface area contributed by atoms with Gasteiger partial charge < -0.3 is 4.90 Å². The maximum atomic E-state index is 12.7. The highest BCUT2D eigenvalue weighted by Gasteiger charge is 2.31. The number of aromatic nitrogens is 2. The number of hydrogen-bond acceptors (Lipinski definition) is 5. The molecule has 1 unspecified atom stereocenters. The zero-order chi connectivity index (χ0) is 22.3. The van der Waals surface area contributed by atoms with Crippen LogP contribution in [0.3, 0.4) is 0 Å². The maximum absolute atomic E-state index is 12.7. The zero-order valence-corrected chi connectivity index (χ0v) is 20.0. The van der Waals surface area contributed by atoms with Gasteiger partial charge >= 0.3 is 0 Å². The fourth-order valence-electron chi connectivity index (χ4n) is 3.98. The van der Waals surface area contributed by atoms with Crippen molar-refractivity contribution in [3.8, 4) is 0 Å². The van der Waals surface area contributed by atoms with Gasteiger partial charge in [-0.2, -0.15) is 5.10 Å². The summed E-state index contributed by atoms with van der Waals surface area (Å²) in [5, 5.41) is 6.23. The van der Waals surface area contributed by atoms with Crippen molar-refractivity contribution >= 4 is 54.8 Å². The number of carbonyl (C=O) groups is 1. The number of amides is 1. The van der Waals surface area contributed by atoms with Crippen LogP contribution >= 0.6 is 22.9 Å². The molecule has 31 heavy (non-hydrogen) atoms. The van der Waals surface area contributed by atoms with Crippen molar-refractivity contribution in [1.29, 1.82) is 0 Å². The Morgan fingerprint density at radius 2 is 2.10 bits per heavy atom. The number of sulfone groups is 1. The van der Waals surface area contributed by atoms with Crippen LogP contribution in [0.5, 0.6) is 0 Å². The minimum atomic E-state index is -2.99. The number of rotatable bonds is 5. The Balaban J connectivity index is 1.49. The largest absolute Gasteiger partial charge is 0.338 e. The summed E-state index contributed by atoms with van der Waals surface area (Å²) in [5.74, 6) is 0.194. The lowest BCUT2D eigenvalue weighted by Gasteiger charge is -2.16. The van der Waals surface area contributed by atoms with Gasteiger partial charge in [-0.25, -0.2) is 8.42 Å². The van der Waals surface area contributed by atoms with Crippen LogP contribution in [0.1, 0.15) is 34.3 Å². The number of carbonyl (C=O) groups excluding carboxylic acids is 1. The lowest BCUT2D eigenvalue weighted by atomic mass is 10.1. The Bertz CT molecular complexity index is 1290. The van der Waals surface area contributed by atoms with Gasteiger partial charge in [-0.05, 0) is 32.4 Å². The molecule has 9 heteroatoms. The minimum absolute atomic E-state index is 0.127. The zero-order valence-electron chi connectivity index (χ0n) is 17.6. The molecule has 2 aromatic heterocycles. The molecule has 0 N–H and O–H groups in total. The number of benzene rings is 1. The molecule has 0 spiro atoms. The highest BCUT2D eigenvalue weighted by molar-refractivity contribution is 7.91. The predicted molar refractivity (Wildman–Crippen MR) is 126 cm³/mol. The van der Waals surface area contributed by atoms with E-state index in [-0.39, 0.29) is 23.5 Å². The third kappa shape index (κ3) is 4.42. The lowest BCUT2D eigenvalue weighted by molar-refractivity contribution is -0.125. The van der Waals surface area contributed by atoms with Crippen molar-refractivity contribution in [3.63, 3.8) is 0 Å². The van der Waals surface area contributed by atoms with Crippen LogP contribution in [0.2, 0.25) is 5.02 Å².